The minimum Gasteiger partial charge on any atom is -0.309 e. The van der Waals surface area contributed by atoms with E-state index in [9.17, 15) is 63.1 Å². The Morgan fingerprint density at radius 1 is 0.180 bits per heavy atom. The normalized spacial score (nSPS) is 10.7. The van der Waals surface area contributed by atoms with Crippen LogP contribution in [-0.4, -0.2) is 39.0 Å². The van der Waals surface area contributed by atoms with Crippen molar-refractivity contribution < 1.29 is 0 Å². The lowest BCUT2D eigenvalue weighted by atomic mass is 9.91. The Kier molecular flexibility index (Phi) is 19.7. The van der Waals surface area contributed by atoms with Gasteiger partial charge in [0.2, 0.25) is 0 Å². The third kappa shape index (κ3) is 13.7. The molecule has 0 aliphatic carbocycles. The fourth-order valence-corrected chi connectivity index (χ4v) is 16.9. The first kappa shape index (κ1) is 77.7. The van der Waals surface area contributed by atoms with Crippen LogP contribution >= 0.6 is 0 Å². The van der Waals surface area contributed by atoms with Crippen LogP contribution in [0.1, 0.15) is 66.8 Å². The van der Waals surface area contributed by atoms with Gasteiger partial charge in [-0.15, -0.1) is 0 Å². The molecule has 582 valence electrons. The van der Waals surface area contributed by atoms with E-state index in [0.717, 1.165) is 22.3 Å². The zero-order valence-electron chi connectivity index (χ0n) is 66.8. The molecule has 0 saturated heterocycles. The summed E-state index contributed by atoms with van der Waals surface area (Å²) in [6.45, 7) is 0. The molecule has 0 aliphatic heterocycles. The molecule has 15 aromatic carbocycles. The number of benzene rings is 15. The van der Waals surface area contributed by atoms with E-state index in [4.69, 9.17) is 29.9 Å². The lowest BCUT2D eigenvalue weighted by molar-refractivity contribution is 1.06. The summed E-state index contributed by atoms with van der Waals surface area (Å²) >= 11 is 0. The van der Waals surface area contributed by atoms with Crippen molar-refractivity contribution >= 4 is 43.6 Å². The number of hydrogen-bond donors (Lipinski definition) is 0. The molecule has 0 saturated carbocycles. The Morgan fingerprint density at radius 3 is 0.734 bits per heavy atom. The van der Waals surface area contributed by atoms with Crippen molar-refractivity contribution in [3.8, 4) is 219 Å². The highest BCUT2D eigenvalue weighted by atomic mass is 15.1. The summed E-state index contributed by atoms with van der Waals surface area (Å²) in [5, 5.41) is 129. The largest absolute Gasteiger partial charge is 0.309 e. The number of rotatable bonds is 14. The molecule has 0 spiro atoms. The van der Waals surface area contributed by atoms with Crippen molar-refractivity contribution in [2.24, 2.45) is 0 Å². The van der Waals surface area contributed by atoms with Gasteiger partial charge in [0.1, 0.15) is 0 Å². The minimum atomic E-state index is 0.102. The summed E-state index contributed by atoms with van der Waals surface area (Å²) in [6, 6.07) is 119. The van der Waals surface area contributed by atoms with E-state index >= 15 is 0 Å². The van der Waals surface area contributed by atoms with Crippen molar-refractivity contribution in [3.63, 3.8) is 0 Å². The zero-order valence-corrected chi connectivity index (χ0v) is 66.8. The van der Waals surface area contributed by atoms with Crippen molar-refractivity contribution in [2.45, 2.75) is 0 Å². The first-order valence-corrected chi connectivity index (χ1v) is 39.7. The first-order chi connectivity index (χ1) is 62.8. The van der Waals surface area contributed by atoms with E-state index in [0.29, 0.717) is 162 Å². The van der Waals surface area contributed by atoms with Gasteiger partial charge in [0.05, 0.1) is 167 Å². The molecule has 0 N–H and O–H groups in total. The summed E-state index contributed by atoms with van der Waals surface area (Å²) in [5.41, 5.74) is 15.2. The van der Waals surface area contributed by atoms with Crippen molar-refractivity contribution in [1.29, 1.82) is 63.1 Å². The number of nitriles is 12. The van der Waals surface area contributed by atoms with Crippen LogP contribution < -0.4 is 0 Å². The molecule has 4 aromatic heterocycles. The maximum absolute atomic E-state index is 10.7. The molecule has 0 aliphatic rings. The van der Waals surface area contributed by atoms with Gasteiger partial charge in [-0.25, -0.2) is 29.9 Å². The number of nitrogens with zero attached hydrogens (tertiary/aromatic N) is 20. The van der Waals surface area contributed by atoms with Gasteiger partial charge < -0.3 is 9.13 Å². The van der Waals surface area contributed by atoms with Crippen LogP contribution in [-0.2, 0) is 0 Å². The second-order valence-electron chi connectivity index (χ2n) is 29.9. The highest BCUT2D eigenvalue weighted by molar-refractivity contribution is 6.14. The first-order valence-electron chi connectivity index (χ1n) is 39.7. The van der Waals surface area contributed by atoms with Crippen molar-refractivity contribution in [2.75, 3.05) is 0 Å². The molecule has 0 unspecified atom stereocenters. The molecule has 0 radical (unpaired) electrons. The maximum Gasteiger partial charge on any atom is 0.166 e. The van der Waals surface area contributed by atoms with Crippen LogP contribution in [0, 0.1) is 136 Å². The van der Waals surface area contributed by atoms with E-state index in [1.165, 1.54) is 48.5 Å². The van der Waals surface area contributed by atoms with Crippen molar-refractivity contribution in [1.82, 2.24) is 39.0 Å². The third-order valence-electron chi connectivity index (χ3n) is 22.6. The molecule has 19 rings (SSSR count). The Balaban J connectivity index is 0.870. The zero-order chi connectivity index (χ0) is 87.8. The predicted molar refractivity (Wildman–Crippen MR) is 484 cm³/mol. The molecule has 19 aromatic rings. The van der Waals surface area contributed by atoms with Gasteiger partial charge in [-0.05, 0) is 178 Å². The van der Waals surface area contributed by atoms with Gasteiger partial charge in [0.25, 0.3) is 0 Å². The van der Waals surface area contributed by atoms with Gasteiger partial charge in [0, 0.05) is 82.9 Å². The molecule has 0 bridgehead atoms. The summed E-state index contributed by atoms with van der Waals surface area (Å²) in [4.78, 5) is 31.6. The Labute approximate surface area is 730 Å². The summed E-state index contributed by atoms with van der Waals surface area (Å²) in [7, 11) is 0. The smallest absolute Gasteiger partial charge is 0.166 e. The SMILES string of the molecule is N#Cc1cc(C#N)c(-c2ccc3c(c2)c2cc(-c4c(C#N)cc(C#N)cc4C#N)ccc2n3-c2cc(-c3cccc(-c4ccc(-n5c6ccc(-c7c(C#N)cc(C#N)cc7C#N)cc6c6cc(-c7c(C#N)cc(C#N)cc7C#N)ccc65)c(-c5nc(-c6ccccc6)nc(-c6ccccc6)n5)c4)c3)cc(-c3nc(-c4ccccc4)nc(-c4ccccc4)n3)c2)c(C#N)c1. The molecule has 4 heterocycles. The van der Waals surface area contributed by atoms with Gasteiger partial charge in [-0.3, -0.25) is 0 Å². The molecule has 20 heteroatoms. The molecule has 0 amide bonds. The third-order valence-corrected chi connectivity index (χ3v) is 22.6. The Bertz CT molecular complexity index is 8040. The van der Waals surface area contributed by atoms with Crippen LogP contribution in [0.5, 0.6) is 0 Å². The quantitative estimate of drug-likeness (QED) is 0.0975. The van der Waals surface area contributed by atoms with Crippen LogP contribution in [0.15, 0.2) is 303 Å². The number of aromatic nitrogens is 8. The molecular formula is C108H50N20. The van der Waals surface area contributed by atoms with Crippen molar-refractivity contribution in [3.05, 3.63) is 370 Å². The van der Waals surface area contributed by atoms with Gasteiger partial charge in [-0.1, -0.05) is 170 Å². The fourth-order valence-electron chi connectivity index (χ4n) is 16.9. The summed E-state index contributed by atoms with van der Waals surface area (Å²) in [6.07, 6.45) is 0. The van der Waals surface area contributed by atoms with E-state index in [-0.39, 0.29) is 72.6 Å². The average molecular weight is 1630 g/mol. The standard InChI is InChI=1S/C108H50N20/c109-51-63-34-80(55-113)99(81(35-63)56-114)74-25-30-94-89(47-74)90-48-75(100-82(57-115)36-64(52-110)37-83(100)58-116)26-31-95(90)127(94)88-44-78(43-79(45-88)107-123-103(67-14-5-1-6-15-67)121-104(124-107)68-16-7-2-8-17-68)72-23-13-22-71(42-72)73-24-29-98(93(46-73)108-125-105(69-18-9-3-10-19-69)122-106(126-108)70-20-11-4-12-21-70)128-96-32-27-76(101-84(59-117)38-65(53-111)39-85(101)60-118)49-91(96)92-50-77(28-33-97(92)128)102-86(61-119)40-66(54-112)41-87(102)62-120/h1-50H. The van der Waals surface area contributed by atoms with E-state index in [1.54, 1.807) is 0 Å². The Morgan fingerprint density at radius 2 is 0.430 bits per heavy atom. The number of hydrogen-bond acceptors (Lipinski definition) is 18. The predicted octanol–water partition coefficient (Wildman–Crippen LogP) is 22.7. The lowest BCUT2D eigenvalue weighted by Crippen LogP contribution is -2.04. The fraction of sp³-hybridized carbons (Fsp3) is 0. The van der Waals surface area contributed by atoms with E-state index < -0.39 is 0 Å². The second kappa shape index (κ2) is 32.5. The van der Waals surface area contributed by atoms with Crippen LogP contribution in [0.3, 0.4) is 0 Å². The minimum absolute atomic E-state index is 0.102. The maximum atomic E-state index is 10.7. The van der Waals surface area contributed by atoms with Crippen LogP contribution in [0.2, 0.25) is 0 Å². The highest BCUT2D eigenvalue weighted by Crippen LogP contribution is 2.47. The second-order valence-corrected chi connectivity index (χ2v) is 29.9. The molecular weight excluding hydrogens is 1580 g/mol. The molecule has 20 nitrogen and oxygen atoms in total. The monoisotopic (exact) mass is 1630 g/mol. The number of fused-ring (bicyclic) bond motifs is 6. The summed E-state index contributed by atoms with van der Waals surface area (Å²) in [5.74, 6) is 2.18. The average Bonchev–Trinajstić information content (AvgIpc) is 1.57. The highest BCUT2D eigenvalue weighted by Gasteiger charge is 2.28. The van der Waals surface area contributed by atoms with Gasteiger partial charge in [0.15, 0.2) is 34.9 Å². The van der Waals surface area contributed by atoms with E-state index in [2.05, 4.69) is 94.1 Å². The molecule has 0 atom stereocenters. The topological polar surface area (TPSA) is 373 Å². The van der Waals surface area contributed by atoms with E-state index in [1.807, 2.05) is 243 Å². The Hall–Kier alpha value is -20.2. The van der Waals surface area contributed by atoms with Gasteiger partial charge >= 0.3 is 0 Å². The summed E-state index contributed by atoms with van der Waals surface area (Å²) < 4.78 is 4.16. The van der Waals surface area contributed by atoms with Gasteiger partial charge in [-0.2, -0.15) is 63.1 Å². The lowest BCUT2D eigenvalue weighted by Gasteiger charge is -2.17. The van der Waals surface area contributed by atoms with Crippen LogP contribution in [0.4, 0.5) is 0 Å². The molecule has 128 heavy (non-hydrogen) atoms. The molecule has 0 fully saturated rings. The van der Waals surface area contributed by atoms with Crippen LogP contribution in [0.25, 0.3) is 190 Å².